The molecule has 0 bridgehead atoms. The van der Waals surface area contributed by atoms with Crippen LogP contribution in [0.4, 0.5) is 0 Å². The van der Waals surface area contributed by atoms with Crippen molar-refractivity contribution in [2.75, 3.05) is 0 Å². The van der Waals surface area contributed by atoms with Crippen LogP contribution in [0.15, 0.2) is 45.3 Å². The highest BCUT2D eigenvalue weighted by Gasteiger charge is 2.54. The maximum absolute atomic E-state index is 7.25. The van der Waals surface area contributed by atoms with Gasteiger partial charge in [-0.15, -0.1) is 11.1 Å². The van der Waals surface area contributed by atoms with Gasteiger partial charge in [0.15, 0.2) is 27.8 Å². The van der Waals surface area contributed by atoms with E-state index in [-0.39, 0.29) is 0 Å². The van der Waals surface area contributed by atoms with Gasteiger partial charge in [-0.1, -0.05) is 95.1 Å². The van der Waals surface area contributed by atoms with Gasteiger partial charge in [-0.25, -0.2) is 0 Å². The fourth-order valence-electron chi connectivity index (χ4n) is 4.53. The van der Waals surface area contributed by atoms with E-state index in [1.807, 2.05) is 0 Å². The second-order valence-electron chi connectivity index (χ2n) is 14.2. The van der Waals surface area contributed by atoms with Crippen molar-refractivity contribution in [2.24, 2.45) is 0 Å². The van der Waals surface area contributed by atoms with Gasteiger partial charge < -0.3 is 8.85 Å². The van der Waals surface area contributed by atoms with Gasteiger partial charge in [-0.2, -0.15) is 0 Å². The molecule has 0 amide bonds. The van der Waals surface area contributed by atoms with Crippen LogP contribution in [-0.4, -0.2) is 32.8 Å². The van der Waals surface area contributed by atoms with Gasteiger partial charge in [0.25, 0.3) is 0 Å². The molecule has 2 unspecified atom stereocenters. The Kier molecular flexibility index (Phi) is 8.89. The van der Waals surface area contributed by atoms with Crippen LogP contribution >= 0.6 is 31.9 Å². The molecule has 0 N–H and O–H groups in total. The third-order valence-corrected chi connectivity index (χ3v) is 10.2. The number of hydrogen-bond donors (Lipinski definition) is 0. The molecule has 0 radical (unpaired) electrons. The fraction of sp³-hybridized carbons (Fsp3) is 0.467. The van der Waals surface area contributed by atoms with E-state index in [0.717, 1.165) is 31.2 Å². The van der Waals surface area contributed by atoms with E-state index in [1.165, 1.54) is 0 Å². The maximum atomic E-state index is 7.25. The molecule has 1 aliphatic rings. The molecule has 0 aromatic heterocycles. The summed E-state index contributed by atoms with van der Waals surface area (Å²) in [6.45, 7) is 27.2. The SMILES string of the molecule is C[Si](C)(C)C#CC1(O[Si](C)(C)C)c2ccc(Br)cc2C(C#C[Si](C)(C)C)(O[Si](C)(C)C)c2ccc(Br)cc21. The quantitative estimate of drug-likeness (QED) is 0.233. The van der Waals surface area contributed by atoms with Crippen molar-refractivity contribution in [1.29, 1.82) is 0 Å². The largest absolute Gasteiger partial charge is 0.395 e. The van der Waals surface area contributed by atoms with Gasteiger partial charge in [-0.3, -0.25) is 0 Å². The molecular formula is C30H42Br2O2Si4. The summed E-state index contributed by atoms with van der Waals surface area (Å²) in [5, 5.41) is 0. The zero-order valence-electron chi connectivity index (χ0n) is 25.0. The lowest BCUT2D eigenvalue weighted by molar-refractivity contribution is 0.116. The van der Waals surface area contributed by atoms with Gasteiger partial charge in [0, 0.05) is 31.2 Å². The highest BCUT2D eigenvalue weighted by atomic mass is 79.9. The van der Waals surface area contributed by atoms with Crippen molar-refractivity contribution in [2.45, 2.75) is 89.8 Å². The number of rotatable bonds is 4. The molecule has 0 spiro atoms. The average molecular weight is 707 g/mol. The van der Waals surface area contributed by atoms with Crippen molar-refractivity contribution in [3.05, 3.63) is 67.6 Å². The minimum Gasteiger partial charge on any atom is -0.395 e. The van der Waals surface area contributed by atoms with Crippen LogP contribution < -0.4 is 0 Å². The first-order valence-corrected chi connectivity index (χ1v) is 28.6. The van der Waals surface area contributed by atoms with Crippen LogP contribution in [0.25, 0.3) is 0 Å². The van der Waals surface area contributed by atoms with E-state index in [4.69, 9.17) is 8.85 Å². The first-order valence-electron chi connectivity index (χ1n) is 13.2. The highest BCUT2D eigenvalue weighted by Crippen LogP contribution is 2.54. The molecule has 204 valence electrons. The Morgan fingerprint density at radius 3 is 1.11 bits per heavy atom. The Balaban J connectivity index is 2.65. The molecule has 2 atom stereocenters. The number of halogens is 2. The lowest BCUT2D eigenvalue weighted by atomic mass is 9.68. The van der Waals surface area contributed by atoms with E-state index in [2.05, 4.69) is 170 Å². The van der Waals surface area contributed by atoms with Crippen molar-refractivity contribution in [3.63, 3.8) is 0 Å². The van der Waals surface area contributed by atoms with E-state index < -0.39 is 44.0 Å². The molecule has 2 aromatic rings. The van der Waals surface area contributed by atoms with E-state index >= 15 is 0 Å². The van der Waals surface area contributed by atoms with Crippen LogP contribution in [0, 0.1) is 22.9 Å². The molecule has 0 fully saturated rings. The molecule has 0 saturated carbocycles. The van der Waals surface area contributed by atoms with Gasteiger partial charge in [0.1, 0.15) is 16.1 Å². The van der Waals surface area contributed by atoms with Crippen LogP contribution in [0.3, 0.4) is 0 Å². The standard InChI is InChI=1S/C30H42Br2O2Si4/c1-35(2,3)19-17-29(33-37(7,8)9)25-15-13-24(32)22-28(25)30(34-38(10,11)12,18-20-36(4,5)6)26-16-14-23(31)21-27(26)29/h13-16,21-22H,1-12H3. The Hall–Kier alpha value is -0.692. The van der Waals surface area contributed by atoms with Gasteiger partial charge >= 0.3 is 0 Å². The highest BCUT2D eigenvalue weighted by molar-refractivity contribution is 9.10. The smallest absolute Gasteiger partial charge is 0.186 e. The van der Waals surface area contributed by atoms with Crippen LogP contribution in [-0.2, 0) is 20.1 Å². The lowest BCUT2D eigenvalue weighted by Gasteiger charge is -2.49. The summed E-state index contributed by atoms with van der Waals surface area (Å²) in [6, 6.07) is 13.0. The Morgan fingerprint density at radius 1 is 0.526 bits per heavy atom. The van der Waals surface area contributed by atoms with Gasteiger partial charge in [-0.05, 0) is 63.5 Å². The summed E-state index contributed by atoms with van der Waals surface area (Å²) in [6.07, 6.45) is 0. The molecule has 0 heterocycles. The van der Waals surface area contributed by atoms with Crippen LogP contribution in [0.1, 0.15) is 22.3 Å². The Labute approximate surface area is 252 Å². The normalized spacial score (nSPS) is 21.4. The zero-order valence-corrected chi connectivity index (χ0v) is 32.2. The second kappa shape index (κ2) is 10.6. The summed E-state index contributed by atoms with van der Waals surface area (Å²) >= 11 is 7.56. The van der Waals surface area contributed by atoms with Crippen LogP contribution in [0.5, 0.6) is 0 Å². The number of benzene rings is 2. The maximum Gasteiger partial charge on any atom is 0.186 e. The predicted octanol–water partition coefficient (Wildman–Crippen LogP) is 9.48. The van der Waals surface area contributed by atoms with E-state index in [9.17, 15) is 0 Å². The molecule has 1 aliphatic carbocycles. The molecular weight excluding hydrogens is 664 g/mol. The molecule has 0 saturated heterocycles. The summed E-state index contributed by atoms with van der Waals surface area (Å²) in [5.41, 5.74) is 9.75. The molecule has 8 heteroatoms. The molecule has 3 rings (SSSR count). The van der Waals surface area contributed by atoms with Crippen molar-refractivity contribution in [1.82, 2.24) is 0 Å². The summed E-state index contributed by atoms with van der Waals surface area (Å²) in [5.74, 6) is 7.54. The summed E-state index contributed by atoms with van der Waals surface area (Å²) in [7, 11) is -7.67. The molecule has 0 aliphatic heterocycles. The first-order chi connectivity index (χ1) is 17.1. The fourth-order valence-corrected chi connectivity index (χ4v) is 8.73. The topological polar surface area (TPSA) is 18.5 Å². The van der Waals surface area contributed by atoms with Crippen molar-refractivity contribution >= 4 is 64.6 Å². The zero-order chi connectivity index (χ0) is 28.9. The minimum atomic E-state index is -2.10. The number of hydrogen-bond acceptors (Lipinski definition) is 2. The minimum absolute atomic E-state index is 0.910. The Bertz CT molecular complexity index is 1250. The molecule has 2 aromatic carbocycles. The van der Waals surface area contributed by atoms with Crippen molar-refractivity contribution < 1.29 is 8.85 Å². The third kappa shape index (κ3) is 7.33. The summed E-state index contributed by atoms with van der Waals surface area (Å²) < 4.78 is 16.5. The number of fused-ring (bicyclic) bond motifs is 2. The first kappa shape index (κ1) is 31.8. The average Bonchev–Trinajstić information content (AvgIpc) is 2.71. The monoisotopic (exact) mass is 704 g/mol. The van der Waals surface area contributed by atoms with Crippen LogP contribution in [0.2, 0.25) is 78.6 Å². The molecule has 2 nitrogen and oxygen atoms in total. The lowest BCUT2D eigenvalue weighted by Crippen LogP contribution is -2.51. The summed E-state index contributed by atoms with van der Waals surface area (Å²) in [4.78, 5) is 0. The predicted molar refractivity (Wildman–Crippen MR) is 181 cm³/mol. The van der Waals surface area contributed by atoms with E-state index in [0.29, 0.717) is 0 Å². The third-order valence-electron chi connectivity index (χ3n) is 5.63. The van der Waals surface area contributed by atoms with Gasteiger partial charge in [0.2, 0.25) is 0 Å². The second-order valence-corrected chi connectivity index (χ2v) is 34.4. The van der Waals surface area contributed by atoms with Crippen molar-refractivity contribution in [3.8, 4) is 22.9 Å². The molecule has 38 heavy (non-hydrogen) atoms. The van der Waals surface area contributed by atoms with Gasteiger partial charge in [0.05, 0.1) is 0 Å². The van der Waals surface area contributed by atoms with E-state index in [1.54, 1.807) is 0 Å². The Morgan fingerprint density at radius 2 is 0.842 bits per heavy atom.